The second kappa shape index (κ2) is 11.1. The van der Waals surface area contributed by atoms with Crippen LogP contribution in [0.2, 0.25) is 5.02 Å². The van der Waals surface area contributed by atoms with Crippen LogP contribution in [0.1, 0.15) is 37.9 Å². The van der Waals surface area contributed by atoms with Crippen LogP contribution in [0.3, 0.4) is 0 Å². The van der Waals surface area contributed by atoms with E-state index in [1.54, 1.807) is 18.8 Å². The van der Waals surface area contributed by atoms with E-state index in [-0.39, 0.29) is 0 Å². The van der Waals surface area contributed by atoms with Gasteiger partial charge in [-0.1, -0.05) is 30.6 Å². The Labute approximate surface area is 164 Å². The van der Waals surface area contributed by atoms with E-state index in [0.29, 0.717) is 11.8 Å². The molecule has 1 aromatic carbocycles. The Hall–Kier alpha value is -1.73. The fourth-order valence-corrected chi connectivity index (χ4v) is 3.03. The fourth-order valence-electron chi connectivity index (χ4n) is 2.14. The maximum absolute atomic E-state index is 5.89. The van der Waals surface area contributed by atoms with Crippen LogP contribution in [0.15, 0.2) is 38.7 Å². The van der Waals surface area contributed by atoms with Gasteiger partial charge in [-0.25, -0.2) is 0 Å². The SMILES string of the molecule is CN=C(NCCCc1nc(C(C)C)no1)NCCSc1ccc(Cl)cc1. The van der Waals surface area contributed by atoms with Gasteiger partial charge in [0, 0.05) is 48.1 Å². The second-order valence-electron chi connectivity index (χ2n) is 6.03. The van der Waals surface area contributed by atoms with Gasteiger partial charge in [-0.05, 0) is 30.7 Å². The highest BCUT2D eigenvalue weighted by molar-refractivity contribution is 7.99. The van der Waals surface area contributed by atoms with E-state index >= 15 is 0 Å². The number of halogens is 1. The van der Waals surface area contributed by atoms with Gasteiger partial charge in [0.15, 0.2) is 11.8 Å². The van der Waals surface area contributed by atoms with Crippen LogP contribution in [-0.4, -0.2) is 42.0 Å². The highest BCUT2D eigenvalue weighted by Crippen LogP contribution is 2.19. The van der Waals surface area contributed by atoms with E-state index in [1.165, 1.54) is 4.90 Å². The number of rotatable bonds is 9. The van der Waals surface area contributed by atoms with Gasteiger partial charge in [0.25, 0.3) is 0 Å². The van der Waals surface area contributed by atoms with Gasteiger partial charge in [0.05, 0.1) is 0 Å². The smallest absolute Gasteiger partial charge is 0.226 e. The van der Waals surface area contributed by atoms with Crippen molar-refractivity contribution < 1.29 is 4.52 Å². The van der Waals surface area contributed by atoms with Crippen molar-refractivity contribution in [2.75, 3.05) is 25.9 Å². The molecule has 142 valence electrons. The number of aliphatic imine (C=N–C) groups is 1. The molecule has 0 aliphatic rings. The Kier molecular flexibility index (Phi) is 8.77. The topological polar surface area (TPSA) is 75.3 Å². The van der Waals surface area contributed by atoms with Crippen LogP contribution < -0.4 is 10.6 Å². The van der Waals surface area contributed by atoms with Crippen LogP contribution in [0.5, 0.6) is 0 Å². The van der Waals surface area contributed by atoms with E-state index in [2.05, 4.69) is 39.6 Å². The number of guanidine groups is 1. The van der Waals surface area contributed by atoms with Crippen LogP contribution in [0.4, 0.5) is 0 Å². The van der Waals surface area contributed by atoms with Crippen LogP contribution in [0.25, 0.3) is 0 Å². The van der Waals surface area contributed by atoms with Crippen molar-refractivity contribution >= 4 is 29.3 Å². The predicted molar refractivity (Wildman–Crippen MR) is 108 cm³/mol. The average Bonchev–Trinajstić information content (AvgIpc) is 3.11. The molecule has 0 unspecified atom stereocenters. The fraction of sp³-hybridized carbons (Fsp3) is 0.500. The average molecular weight is 396 g/mol. The number of nitrogens with one attached hydrogen (secondary N) is 2. The standard InChI is InChI=1S/C18H26ClN5OS/c1-13(2)17-23-16(25-24-17)5-4-10-21-18(20-3)22-11-12-26-15-8-6-14(19)7-9-15/h6-9,13H,4-5,10-12H2,1-3H3,(H2,20,21,22). The normalized spacial score (nSPS) is 11.8. The van der Waals surface area contributed by atoms with Crippen molar-refractivity contribution in [3.63, 3.8) is 0 Å². The van der Waals surface area contributed by atoms with E-state index in [9.17, 15) is 0 Å². The molecule has 0 saturated heterocycles. The zero-order valence-corrected chi connectivity index (χ0v) is 17.0. The minimum Gasteiger partial charge on any atom is -0.356 e. The van der Waals surface area contributed by atoms with Crippen molar-refractivity contribution in [1.29, 1.82) is 0 Å². The Morgan fingerprint density at radius 3 is 2.62 bits per heavy atom. The summed E-state index contributed by atoms with van der Waals surface area (Å²) in [5.41, 5.74) is 0. The third kappa shape index (κ3) is 7.25. The first-order valence-corrected chi connectivity index (χ1v) is 10.1. The zero-order valence-electron chi connectivity index (χ0n) is 15.5. The maximum Gasteiger partial charge on any atom is 0.226 e. The number of benzene rings is 1. The molecule has 2 rings (SSSR count). The summed E-state index contributed by atoms with van der Waals surface area (Å²) in [5.74, 6) is 3.50. The minimum atomic E-state index is 0.291. The maximum atomic E-state index is 5.89. The molecule has 1 heterocycles. The highest BCUT2D eigenvalue weighted by atomic mass is 35.5. The summed E-state index contributed by atoms with van der Waals surface area (Å²) in [6, 6.07) is 7.88. The van der Waals surface area contributed by atoms with E-state index in [4.69, 9.17) is 16.1 Å². The molecule has 0 fully saturated rings. The summed E-state index contributed by atoms with van der Waals surface area (Å²) in [4.78, 5) is 9.82. The van der Waals surface area contributed by atoms with Gasteiger partial charge in [-0.2, -0.15) is 4.98 Å². The van der Waals surface area contributed by atoms with Crippen molar-refractivity contribution in [3.05, 3.63) is 41.0 Å². The predicted octanol–water partition coefficient (Wildman–Crippen LogP) is 3.74. The highest BCUT2D eigenvalue weighted by Gasteiger charge is 2.09. The van der Waals surface area contributed by atoms with Crippen molar-refractivity contribution in [2.24, 2.45) is 4.99 Å². The Morgan fingerprint density at radius 2 is 1.96 bits per heavy atom. The molecule has 0 aliphatic carbocycles. The molecule has 6 nitrogen and oxygen atoms in total. The molecule has 0 radical (unpaired) electrons. The molecular formula is C18H26ClN5OS. The monoisotopic (exact) mass is 395 g/mol. The summed E-state index contributed by atoms with van der Waals surface area (Å²) in [6.07, 6.45) is 1.66. The Balaban J connectivity index is 1.59. The first-order chi connectivity index (χ1) is 12.6. The van der Waals surface area contributed by atoms with Crippen molar-refractivity contribution in [3.8, 4) is 0 Å². The third-order valence-electron chi connectivity index (χ3n) is 3.56. The van der Waals surface area contributed by atoms with Gasteiger partial charge >= 0.3 is 0 Å². The number of hydrogen-bond acceptors (Lipinski definition) is 5. The quantitative estimate of drug-likeness (QED) is 0.291. The third-order valence-corrected chi connectivity index (χ3v) is 4.83. The second-order valence-corrected chi connectivity index (χ2v) is 7.64. The largest absolute Gasteiger partial charge is 0.356 e. The van der Waals surface area contributed by atoms with Crippen LogP contribution >= 0.6 is 23.4 Å². The molecular weight excluding hydrogens is 370 g/mol. The van der Waals surface area contributed by atoms with Gasteiger partial charge in [0.1, 0.15) is 0 Å². The zero-order chi connectivity index (χ0) is 18.8. The molecule has 0 saturated carbocycles. The van der Waals surface area contributed by atoms with Gasteiger partial charge in [-0.15, -0.1) is 11.8 Å². The molecule has 0 bridgehead atoms. The van der Waals surface area contributed by atoms with E-state index in [1.807, 2.05) is 24.3 Å². The molecule has 0 amide bonds. The number of hydrogen-bond donors (Lipinski definition) is 2. The molecule has 1 aromatic heterocycles. The first kappa shape index (κ1) is 20.6. The molecule has 0 aliphatic heterocycles. The van der Waals surface area contributed by atoms with Crippen LogP contribution in [-0.2, 0) is 6.42 Å². The first-order valence-electron chi connectivity index (χ1n) is 8.74. The Bertz CT molecular complexity index is 687. The molecule has 0 spiro atoms. The summed E-state index contributed by atoms with van der Waals surface area (Å²) in [7, 11) is 1.77. The lowest BCUT2D eigenvalue weighted by atomic mass is 10.2. The molecule has 8 heteroatoms. The number of thioether (sulfide) groups is 1. The van der Waals surface area contributed by atoms with Gasteiger partial charge < -0.3 is 15.2 Å². The number of aryl methyl sites for hydroxylation is 1. The lowest BCUT2D eigenvalue weighted by Crippen LogP contribution is -2.38. The van der Waals surface area contributed by atoms with Crippen molar-refractivity contribution in [2.45, 2.75) is 37.5 Å². The van der Waals surface area contributed by atoms with Crippen molar-refractivity contribution in [1.82, 2.24) is 20.8 Å². The molecule has 2 aromatic rings. The van der Waals surface area contributed by atoms with Gasteiger partial charge in [-0.3, -0.25) is 4.99 Å². The Morgan fingerprint density at radius 1 is 1.23 bits per heavy atom. The van der Waals surface area contributed by atoms with Crippen LogP contribution in [0, 0.1) is 0 Å². The summed E-state index contributed by atoms with van der Waals surface area (Å²) < 4.78 is 5.24. The number of aromatic nitrogens is 2. The lowest BCUT2D eigenvalue weighted by molar-refractivity contribution is 0.368. The lowest BCUT2D eigenvalue weighted by Gasteiger charge is -2.11. The summed E-state index contributed by atoms with van der Waals surface area (Å²) >= 11 is 7.67. The van der Waals surface area contributed by atoms with E-state index in [0.717, 1.165) is 48.5 Å². The minimum absolute atomic E-state index is 0.291. The molecule has 0 atom stereocenters. The molecule has 2 N–H and O–H groups in total. The van der Waals surface area contributed by atoms with Gasteiger partial charge in [0.2, 0.25) is 5.89 Å². The summed E-state index contributed by atoms with van der Waals surface area (Å²) in [5, 5.41) is 11.3. The van der Waals surface area contributed by atoms with E-state index < -0.39 is 0 Å². The number of nitrogens with zero attached hydrogens (tertiary/aromatic N) is 3. The summed E-state index contributed by atoms with van der Waals surface area (Å²) in [6.45, 7) is 5.73. The molecule has 26 heavy (non-hydrogen) atoms.